The number of imide groups is 1. The van der Waals surface area contributed by atoms with E-state index in [9.17, 15) is 9.59 Å². The molecule has 0 aliphatic carbocycles. The monoisotopic (exact) mass is 339 g/mol. The van der Waals surface area contributed by atoms with Crippen LogP contribution in [0.1, 0.15) is 25.8 Å². The summed E-state index contributed by atoms with van der Waals surface area (Å²) in [4.78, 5) is 25.9. The van der Waals surface area contributed by atoms with Gasteiger partial charge in [-0.1, -0.05) is 41.1 Å². The molecule has 19 heavy (non-hydrogen) atoms. The number of rotatable bonds is 3. The van der Waals surface area contributed by atoms with E-state index in [0.29, 0.717) is 4.91 Å². The van der Waals surface area contributed by atoms with E-state index < -0.39 is 0 Å². The summed E-state index contributed by atoms with van der Waals surface area (Å²) in [6.07, 6.45) is 2.53. The molecule has 1 aromatic rings. The van der Waals surface area contributed by atoms with E-state index in [4.69, 9.17) is 0 Å². The van der Waals surface area contributed by atoms with Crippen LogP contribution in [0.3, 0.4) is 0 Å². The molecule has 1 aromatic carbocycles. The van der Waals surface area contributed by atoms with Gasteiger partial charge in [-0.15, -0.1) is 0 Å². The topological polar surface area (TPSA) is 37.4 Å². The molecule has 1 atom stereocenters. The molecular formula is C14H14BrNO2S. The zero-order valence-electron chi connectivity index (χ0n) is 10.7. The summed E-state index contributed by atoms with van der Waals surface area (Å²) in [7, 11) is 0. The van der Waals surface area contributed by atoms with Crippen LogP contribution >= 0.6 is 27.7 Å². The van der Waals surface area contributed by atoms with Crippen LogP contribution in [0.5, 0.6) is 0 Å². The second kappa shape index (κ2) is 5.92. The lowest BCUT2D eigenvalue weighted by atomic mass is 10.2. The number of hydrogen-bond donors (Lipinski definition) is 0. The summed E-state index contributed by atoms with van der Waals surface area (Å²) >= 11 is 4.44. The minimum atomic E-state index is -0.194. The number of thioether (sulfide) groups is 1. The van der Waals surface area contributed by atoms with Crippen LogP contribution in [0.15, 0.2) is 33.6 Å². The van der Waals surface area contributed by atoms with Gasteiger partial charge in [-0.25, -0.2) is 0 Å². The first-order valence-electron chi connectivity index (χ1n) is 6.06. The molecule has 1 heterocycles. The quantitative estimate of drug-likeness (QED) is 0.771. The highest BCUT2D eigenvalue weighted by atomic mass is 79.9. The van der Waals surface area contributed by atoms with E-state index >= 15 is 0 Å². The number of nitrogens with zero attached hydrogens (tertiary/aromatic N) is 1. The van der Waals surface area contributed by atoms with Crippen molar-refractivity contribution in [3.63, 3.8) is 0 Å². The van der Waals surface area contributed by atoms with Crippen LogP contribution in [0, 0.1) is 0 Å². The Morgan fingerprint density at radius 2 is 2.05 bits per heavy atom. The van der Waals surface area contributed by atoms with Crippen LogP contribution in [0.2, 0.25) is 0 Å². The smallest absolute Gasteiger partial charge is 0.268 e. The SMILES string of the molecule is CCC(C)N1C(=O)SC(=Cc2ccccc2Br)C1=O. The van der Waals surface area contributed by atoms with Crippen molar-refractivity contribution in [1.82, 2.24) is 4.90 Å². The van der Waals surface area contributed by atoms with Gasteiger partial charge >= 0.3 is 0 Å². The maximum atomic E-state index is 12.2. The first-order chi connectivity index (χ1) is 9.04. The predicted octanol–water partition coefficient (Wildman–Crippen LogP) is 4.28. The molecular weight excluding hydrogens is 326 g/mol. The third-order valence-electron chi connectivity index (χ3n) is 3.05. The minimum absolute atomic E-state index is 0.0578. The van der Waals surface area contributed by atoms with E-state index in [1.165, 1.54) is 4.90 Å². The minimum Gasteiger partial charge on any atom is -0.268 e. The number of hydrogen-bond acceptors (Lipinski definition) is 3. The lowest BCUT2D eigenvalue weighted by Gasteiger charge is -2.19. The fraction of sp³-hybridized carbons (Fsp3) is 0.286. The van der Waals surface area contributed by atoms with E-state index in [1.807, 2.05) is 38.1 Å². The Kier molecular flexibility index (Phi) is 4.47. The van der Waals surface area contributed by atoms with Crippen molar-refractivity contribution in [2.75, 3.05) is 0 Å². The Morgan fingerprint density at radius 3 is 2.68 bits per heavy atom. The summed E-state index contributed by atoms with van der Waals surface area (Å²) in [5, 5.41) is -0.183. The van der Waals surface area contributed by atoms with Crippen LogP contribution in [0.4, 0.5) is 4.79 Å². The van der Waals surface area contributed by atoms with Gasteiger partial charge in [0.15, 0.2) is 0 Å². The van der Waals surface area contributed by atoms with Crippen molar-refractivity contribution in [2.45, 2.75) is 26.3 Å². The van der Waals surface area contributed by atoms with E-state index in [2.05, 4.69) is 15.9 Å². The summed E-state index contributed by atoms with van der Waals surface area (Å²) in [6, 6.07) is 7.56. The number of carbonyl (C=O) groups excluding carboxylic acids is 2. The molecule has 1 aliphatic heterocycles. The van der Waals surface area contributed by atoms with Crippen LogP contribution in [0.25, 0.3) is 6.08 Å². The molecule has 0 N–H and O–H groups in total. The van der Waals surface area contributed by atoms with Crippen LogP contribution < -0.4 is 0 Å². The Labute approximate surface area is 125 Å². The number of halogens is 1. The standard InChI is InChI=1S/C14H14BrNO2S/c1-3-9(2)16-13(17)12(19-14(16)18)8-10-6-4-5-7-11(10)15/h4-9H,3H2,1-2H3. The van der Waals surface area contributed by atoms with Crippen molar-refractivity contribution in [2.24, 2.45) is 0 Å². The molecule has 1 unspecified atom stereocenters. The zero-order chi connectivity index (χ0) is 14.0. The Hall–Kier alpha value is -1.07. The number of amides is 2. The van der Waals surface area contributed by atoms with Gasteiger partial charge in [-0.2, -0.15) is 0 Å². The summed E-state index contributed by atoms with van der Waals surface area (Å²) in [5.74, 6) is -0.194. The van der Waals surface area contributed by atoms with Crippen molar-refractivity contribution in [3.8, 4) is 0 Å². The fourth-order valence-electron chi connectivity index (χ4n) is 1.78. The molecule has 0 spiro atoms. The molecule has 3 nitrogen and oxygen atoms in total. The summed E-state index contributed by atoms with van der Waals surface area (Å²) in [5.41, 5.74) is 0.900. The molecule has 1 aliphatic rings. The van der Waals surface area contributed by atoms with Gasteiger partial charge in [0.05, 0.1) is 4.91 Å². The maximum Gasteiger partial charge on any atom is 0.293 e. The second-order valence-electron chi connectivity index (χ2n) is 4.33. The summed E-state index contributed by atoms with van der Waals surface area (Å²) < 4.78 is 0.908. The first-order valence-corrected chi connectivity index (χ1v) is 7.67. The van der Waals surface area contributed by atoms with Gasteiger partial charge in [-0.3, -0.25) is 14.5 Å². The highest BCUT2D eigenvalue weighted by molar-refractivity contribution is 9.10. The Balaban J connectivity index is 2.31. The Morgan fingerprint density at radius 1 is 1.37 bits per heavy atom. The molecule has 100 valence electrons. The van der Waals surface area contributed by atoms with Crippen molar-refractivity contribution in [3.05, 3.63) is 39.2 Å². The third-order valence-corrected chi connectivity index (χ3v) is 4.65. The third kappa shape index (κ3) is 2.92. The zero-order valence-corrected chi connectivity index (χ0v) is 13.1. The molecule has 1 saturated heterocycles. The van der Waals surface area contributed by atoms with Gasteiger partial charge in [-0.05, 0) is 42.8 Å². The second-order valence-corrected chi connectivity index (χ2v) is 6.18. The van der Waals surface area contributed by atoms with Gasteiger partial charge < -0.3 is 0 Å². The van der Waals surface area contributed by atoms with Crippen molar-refractivity contribution >= 4 is 44.9 Å². The van der Waals surface area contributed by atoms with Gasteiger partial charge in [0, 0.05) is 10.5 Å². The average molecular weight is 340 g/mol. The normalized spacial score (nSPS) is 19.3. The molecule has 0 saturated carbocycles. The highest BCUT2D eigenvalue weighted by Gasteiger charge is 2.37. The van der Waals surface area contributed by atoms with E-state index in [1.54, 1.807) is 6.08 Å². The fourth-order valence-corrected chi connectivity index (χ4v) is 3.10. The van der Waals surface area contributed by atoms with Crippen molar-refractivity contribution in [1.29, 1.82) is 0 Å². The highest BCUT2D eigenvalue weighted by Crippen LogP contribution is 2.35. The van der Waals surface area contributed by atoms with Crippen LogP contribution in [-0.4, -0.2) is 22.1 Å². The first kappa shape index (κ1) is 14.3. The van der Waals surface area contributed by atoms with E-state index in [0.717, 1.165) is 28.2 Å². The molecule has 5 heteroatoms. The maximum absolute atomic E-state index is 12.2. The molecule has 0 aromatic heterocycles. The largest absolute Gasteiger partial charge is 0.293 e. The molecule has 0 radical (unpaired) electrons. The van der Waals surface area contributed by atoms with E-state index in [-0.39, 0.29) is 17.2 Å². The summed E-state index contributed by atoms with van der Waals surface area (Å²) in [6.45, 7) is 3.85. The molecule has 2 rings (SSSR count). The average Bonchev–Trinajstić information content (AvgIpc) is 2.66. The Bertz CT molecular complexity index is 556. The predicted molar refractivity (Wildman–Crippen MR) is 81.7 cm³/mol. The van der Waals surface area contributed by atoms with Crippen LogP contribution in [-0.2, 0) is 4.79 Å². The van der Waals surface area contributed by atoms with Gasteiger partial charge in [0.25, 0.3) is 11.1 Å². The number of benzene rings is 1. The number of carbonyl (C=O) groups is 2. The molecule has 2 amide bonds. The van der Waals surface area contributed by atoms with Gasteiger partial charge in [0.1, 0.15) is 0 Å². The molecule has 1 fully saturated rings. The lowest BCUT2D eigenvalue weighted by molar-refractivity contribution is -0.124. The van der Waals surface area contributed by atoms with Crippen molar-refractivity contribution < 1.29 is 9.59 Å². The lowest BCUT2D eigenvalue weighted by Crippen LogP contribution is -2.36. The molecule has 0 bridgehead atoms. The van der Waals surface area contributed by atoms with Gasteiger partial charge in [0.2, 0.25) is 0 Å².